The van der Waals surface area contributed by atoms with Crippen LogP contribution in [0.25, 0.3) is 0 Å². The Morgan fingerprint density at radius 3 is 2.75 bits per heavy atom. The van der Waals surface area contributed by atoms with Crippen molar-refractivity contribution in [1.29, 1.82) is 0 Å². The SMILES string of the molecule is CCc1nc(C2CCC(C)O2)nc(N)c1I. The summed E-state index contributed by atoms with van der Waals surface area (Å²) in [6.07, 6.45) is 3.27. The van der Waals surface area contributed by atoms with E-state index < -0.39 is 0 Å². The topological polar surface area (TPSA) is 61.0 Å². The largest absolute Gasteiger partial charge is 0.383 e. The number of aromatic nitrogens is 2. The number of hydrogen-bond acceptors (Lipinski definition) is 4. The molecule has 0 radical (unpaired) electrons. The van der Waals surface area contributed by atoms with Crippen LogP contribution in [0.4, 0.5) is 5.82 Å². The van der Waals surface area contributed by atoms with E-state index in [9.17, 15) is 0 Å². The van der Waals surface area contributed by atoms with Crippen molar-refractivity contribution in [3.63, 3.8) is 0 Å². The summed E-state index contributed by atoms with van der Waals surface area (Å²) in [6.45, 7) is 4.16. The number of hydrogen-bond donors (Lipinski definition) is 1. The van der Waals surface area contributed by atoms with Crippen molar-refractivity contribution in [2.24, 2.45) is 0 Å². The molecule has 0 saturated carbocycles. The first-order chi connectivity index (χ1) is 7.61. The van der Waals surface area contributed by atoms with Crippen LogP contribution in [0.3, 0.4) is 0 Å². The van der Waals surface area contributed by atoms with E-state index in [0.717, 1.165) is 34.4 Å². The van der Waals surface area contributed by atoms with Crippen molar-refractivity contribution in [3.05, 3.63) is 15.1 Å². The molecule has 0 spiro atoms. The van der Waals surface area contributed by atoms with Crippen LogP contribution in [0.1, 0.15) is 44.3 Å². The lowest BCUT2D eigenvalue weighted by Crippen LogP contribution is -2.11. The molecular formula is C11H16IN3O. The summed E-state index contributed by atoms with van der Waals surface area (Å²) >= 11 is 2.20. The van der Waals surface area contributed by atoms with Crippen LogP contribution < -0.4 is 5.73 Å². The molecule has 1 fully saturated rings. The van der Waals surface area contributed by atoms with Crippen LogP contribution in [0, 0.1) is 3.57 Å². The fraction of sp³-hybridized carbons (Fsp3) is 0.636. The monoisotopic (exact) mass is 333 g/mol. The summed E-state index contributed by atoms with van der Waals surface area (Å²) in [6, 6.07) is 0. The third-order valence-corrected chi connectivity index (χ3v) is 3.99. The van der Waals surface area contributed by atoms with Crippen LogP contribution in [0.15, 0.2) is 0 Å². The van der Waals surface area contributed by atoms with Crippen LogP contribution in [-0.4, -0.2) is 16.1 Å². The van der Waals surface area contributed by atoms with Crippen LogP contribution in [0.5, 0.6) is 0 Å². The van der Waals surface area contributed by atoms with Crippen molar-refractivity contribution in [2.45, 2.75) is 45.3 Å². The van der Waals surface area contributed by atoms with Gasteiger partial charge in [0.1, 0.15) is 11.9 Å². The number of nitrogens with two attached hydrogens (primary N) is 1. The Bertz CT molecular complexity index is 397. The zero-order chi connectivity index (χ0) is 11.7. The Balaban J connectivity index is 2.31. The summed E-state index contributed by atoms with van der Waals surface area (Å²) in [5.74, 6) is 1.32. The third kappa shape index (κ3) is 2.29. The zero-order valence-corrected chi connectivity index (χ0v) is 11.7. The molecule has 1 aliphatic rings. The van der Waals surface area contributed by atoms with E-state index in [0.29, 0.717) is 11.9 Å². The van der Waals surface area contributed by atoms with Gasteiger partial charge in [0, 0.05) is 0 Å². The van der Waals surface area contributed by atoms with Crippen molar-refractivity contribution < 1.29 is 4.74 Å². The van der Waals surface area contributed by atoms with Gasteiger partial charge in [-0.05, 0) is 48.8 Å². The fourth-order valence-electron chi connectivity index (χ4n) is 1.90. The highest BCUT2D eigenvalue weighted by atomic mass is 127. The zero-order valence-electron chi connectivity index (χ0n) is 9.53. The summed E-state index contributed by atoms with van der Waals surface area (Å²) in [5, 5.41) is 0. The molecule has 16 heavy (non-hydrogen) atoms. The second-order valence-corrected chi connectivity index (χ2v) is 5.17. The van der Waals surface area contributed by atoms with E-state index in [2.05, 4.69) is 46.4 Å². The molecule has 0 aromatic carbocycles. The Labute approximate surface area is 109 Å². The Morgan fingerprint density at radius 2 is 2.19 bits per heavy atom. The molecule has 0 aliphatic carbocycles. The lowest BCUT2D eigenvalue weighted by atomic mass is 10.2. The van der Waals surface area contributed by atoms with Crippen molar-refractivity contribution in [1.82, 2.24) is 9.97 Å². The summed E-state index contributed by atoms with van der Waals surface area (Å²) in [4.78, 5) is 8.88. The van der Waals surface area contributed by atoms with E-state index in [1.54, 1.807) is 0 Å². The first-order valence-corrected chi connectivity index (χ1v) is 6.67. The van der Waals surface area contributed by atoms with Crippen molar-refractivity contribution in [3.8, 4) is 0 Å². The lowest BCUT2D eigenvalue weighted by Gasteiger charge is -2.12. The lowest BCUT2D eigenvalue weighted by molar-refractivity contribution is 0.0502. The normalized spacial score (nSPS) is 24.9. The number of nitrogen functional groups attached to an aromatic ring is 1. The number of rotatable bonds is 2. The maximum atomic E-state index is 5.89. The molecule has 2 atom stereocenters. The molecule has 1 aromatic rings. The van der Waals surface area contributed by atoms with Crippen molar-refractivity contribution >= 4 is 28.4 Å². The van der Waals surface area contributed by atoms with Gasteiger partial charge < -0.3 is 10.5 Å². The summed E-state index contributed by atoms with van der Waals surface area (Å²) in [5.41, 5.74) is 6.90. The highest BCUT2D eigenvalue weighted by Crippen LogP contribution is 2.31. The molecule has 2 rings (SSSR count). The van der Waals surface area contributed by atoms with E-state index in [4.69, 9.17) is 10.5 Å². The first-order valence-electron chi connectivity index (χ1n) is 5.59. The number of nitrogens with zero attached hydrogens (tertiary/aromatic N) is 2. The van der Waals surface area contributed by atoms with Crippen LogP contribution in [-0.2, 0) is 11.2 Å². The standard InChI is InChI=1S/C11H16IN3O/c1-3-7-9(12)10(13)15-11(14-7)8-5-4-6(2)16-8/h6,8H,3-5H2,1-2H3,(H2,13,14,15). The van der Waals surface area contributed by atoms with Crippen LogP contribution >= 0.6 is 22.6 Å². The summed E-state index contributed by atoms with van der Waals surface area (Å²) < 4.78 is 6.73. The number of anilines is 1. The van der Waals surface area contributed by atoms with Gasteiger partial charge in [0.05, 0.1) is 15.4 Å². The Morgan fingerprint density at radius 1 is 1.44 bits per heavy atom. The molecule has 2 N–H and O–H groups in total. The second-order valence-electron chi connectivity index (χ2n) is 4.09. The molecule has 0 amide bonds. The molecular weight excluding hydrogens is 317 g/mol. The van der Waals surface area contributed by atoms with Gasteiger partial charge in [0.2, 0.25) is 0 Å². The average Bonchev–Trinajstić information content (AvgIpc) is 2.69. The highest BCUT2D eigenvalue weighted by Gasteiger charge is 2.26. The van der Waals surface area contributed by atoms with Gasteiger partial charge in [-0.25, -0.2) is 9.97 Å². The Kier molecular flexibility index (Phi) is 3.63. The predicted octanol–water partition coefficient (Wildman–Crippen LogP) is 2.47. The average molecular weight is 333 g/mol. The summed E-state index contributed by atoms with van der Waals surface area (Å²) in [7, 11) is 0. The van der Waals surface area contributed by atoms with Gasteiger partial charge in [-0.3, -0.25) is 0 Å². The number of ether oxygens (including phenoxy) is 1. The van der Waals surface area contributed by atoms with Crippen molar-refractivity contribution in [2.75, 3.05) is 5.73 Å². The minimum absolute atomic E-state index is 0.0274. The van der Waals surface area contributed by atoms with E-state index >= 15 is 0 Å². The number of aryl methyl sites for hydroxylation is 1. The molecule has 0 bridgehead atoms. The fourth-order valence-corrected chi connectivity index (χ4v) is 2.53. The predicted molar refractivity (Wildman–Crippen MR) is 71.1 cm³/mol. The van der Waals surface area contributed by atoms with E-state index in [1.165, 1.54) is 0 Å². The van der Waals surface area contributed by atoms with E-state index in [1.807, 2.05) is 0 Å². The first kappa shape index (κ1) is 12.0. The number of halogens is 1. The highest BCUT2D eigenvalue weighted by molar-refractivity contribution is 14.1. The molecule has 1 aliphatic heterocycles. The molecule has 88 valence electrons. The molecule has 2 unspecified atom stereocenters. The minimum atomic E-state index is 0.0274. The third-order valence-electron chi connectivity index (χ3n) is 2.82. The quantitative estimate of drug-likeness (QED) is 0.845. The molecule has 4 nitrogen and oxygen atoms in total. The smallest absolute Gasteiger partial charge is 0.159 e. The molecule has 5 heteroatoms. The maximum absolute atomic E-state index is 5.89. The second kappa shape index (κ2) is 4.83. The van der Waals surface area contributed by atoms with Gasteiger partial charge in [0.25, 0.3) is 0 Å². The van der Waals surface area contributed by atoms with Gasteiger partial charge in [0.15, 0.2) is 5.82 Å². The van der Waals surface area contributed by atoms with Gasteiger partial charge >= 0.3 is 0 Å². The molecule has 2 heterocycles. The minimum Gasteiger partial charge on any atom is -0.383 e. The maximum Gasteiger partial charge on any atom is 0.159 e. The van der Waals surface area contributed by atoms with Crippen LogP contribution in [0.2, 0.25) is 0 Å². The van der Waals surface area contributed by atoms with Gasteiger partial charge in [-0.1, -0.05) is 6.92 Å². The van der Waals surface area contributed by atoms with Gasteiger partial charge in [-0.2, -0.15) is 0 Å². The molecule has 1 saturated heterocycles. The molecule has 1 aromatic heterocycles. The van der Waals surface area contributed by atoms with Gasteiger partial charge in [-0.15, -0.1) is 0 Å². The van der Waals surface area contributed by atoms with E-state index in [-0.39, 0.29) is 6.10 Å². The Hall–Kier alpha value is -0.430.